The van der Waals surface area contributed by atoms with Crippen LogP contribution in [0.4, 0.5) is 32.0 Å². The summed E-state index contributed by atoms with van der Waals surface area (Å²) in [6, 6.07) is 8.81. The first-order valence-electron chi connectivity index (χ1n) is 8.93. The van der Waals surface area contributed by atoms with Gasteiger partial charge in [-0.3, -0.25) is 4.79 Å². The van der Waals surface area contributed by atoms with E-state index in [1.165, 1.54) is 18.2 Å². The van der Waals surface area contributed by atoms with E-state index in [9.17, 15) is 35.9 Å². The average molecular weight is 447 g/mol. The first-order valence-corrected chi connectivity index (χ1v) is 8.93. The lowest BCUT2D eigenvalue weighted by molar-refractivity contribution is -0.373. The molecular formula is C21H19F6NO3. The number of anilines is 1. The number of amides is 1. The second-order valence-corrected chi connectivity index (χ2v) is 7.71. The molecule has 0 aliphatic carbocycles. The van der Waals surface area contributed by atoms with Crippen LogP contribution in [0.3, 0.4) is 0 Å². The van der Waals surface area contributed by atoms with E-state index < -0.39 is 46.4 Å². The van der Waals surface area contributed by atoms with Crippen LogP contribution in [0, 0.1) is 5.41 Å². The Balaban J connectivity index is 2.53. The first-order chi connectivity index (χ1) is 14.1. The average Bonchev–Trinajstić information content (AvgIpc) is 2.64. The van der Waals surface area contributed by atoms with E-state index in [0.29, 0.717) is 12.1 Å². The Morgan fingerprint density at radius 2 is 1.26 bits per heavy atom. The number of carbonyl (C=O) groups is 2. The zero-order valence-electron chi connectivity index (χ0n) is 16.7. The number of halogens is 6. The van der Waals surface area contributed by atoms with Crippen LogP contribution in [0.1, 0.15) is 36.7 Å². The highest BCUT2D eigenvalue weighted by molar-refractivity contribution is 5.94. The normalized spacial score (nSPS) is 12.9. The third kappa shape index (κ3) is 5.00. The van der Waals surface area contributed by atoms with Crippen molar-refractivity contribution in [3.8, 4) is 0 Å². The number of alkyl halides is 6. The largest absolute Gasteiger partial charge is 0.442 e. The molecule has 168 valence electrons. The summed E-state index contributed by atoms with van der Waals surface area (Å²) in [5.41, 5.74) is -7.60. The highest BCUT2D eigenvalue weighted by atomic mass is 19.4. The van der Waals surface area contributed by atoms with Crippen molar-refractivity contribution in [2.24, 2.45) is 5.41 Å². The van der Waals surface area contributed by atoms with Crippen LogP contribution in [-0.2, 0) is 15.1 Å². The molecule has 0 aromatic heterocycles. The molecule has 0 heterocycles. The highest BCUT2D eigenvalue weighted by Crippen LogP contribution is 2.53. The maximum atomic E-state index is 13.8. The first kappa shape index (κ1) is 24.2. The Labute approximate surface area is 174 Å². The van der Waals surface area contributed by atoms with E-state index in [1.807, 2.05) is 0 Å². The van der Waals surface area contributed by atoms with E-state index in [1.54, 1.807) is 20.8 Å². The summed E-state index contributed by atoms with van der Waals surface area (Å²) in [6.45, 7) is 4.74. The third-order valence-corrected chi connectivity index (χ3v) is 4.28. The number of nitrogens with one attached hydrogen (secondary N) is 1. The maximum Gasteiger partial charge on any atom is 0.442 e. The molecule has 0 aliphatic rings. The minimum atomic E-state index is -6.02. The zero-order valence-corrected chi connectivity index (χ0v) is 16.7. The molecule has 0 fully saturated rings. The van der Waals surface area contributed by atoms with Crippen LogP contribution < -0.4 is 5.32 Å². The monoisotopic (exact) mass is 447 g/mol. The van der Waals surface area contributed by atoms with Gasteiger partial charge in [0.15, 0.2) is 0 Å². The predicted octanol–water partition coefficient (Wildman–Crippen LogP) is 5.85. The molecule has 1 amide bonds. The molecule has 10 heteroatoms. The molecule has 0 saturated carbocycles. The molecular weight excluding hydrogens is 428 g/mol. The highest BCUT2D eigenvalue weighted by Gasteiger charge is 2.75. The van der Waals surface area contributed by atoms with E-state index in [2.05, 4.69) is 10.1 Å². The van der Waals surface area contributed by atoms with Crippen LogP contribution in [0.2, 0.25) is 0 Å². The van der Waals surface area contributed by atoms with Crippen molar-refractivity contribution in [1.82, 2.24) is 0 Å². The molecule has 0 atom stereocenters. The lowest BCUT2D eigenvalue weighted by atomic mass is 9.91. The summed E-state index contributed by atoms with van der Waals surface area (Å²) in [5.74, 6) is -2.28. The number of hydrogen-bond donors (Lipinski definition) is 1. The third-order valence-electron chi connectivity index (χ3n) is 4.28. The number of ether oxygens (including phenoxy) is 1. The van der Waals surface area contributed by atoms with Gasteiger partial charge in [-0.25, -0.2) is 4.79 Å². The second-order valence-electron chi connectivity index (χ2n) is 7.71. The van der Waals surface area contributed by atoms with Crippen molar-refractivity contribution in [2.45, 2.75) is 38.7 Å². The van der Waals surface area contributed by atoms with Crippen LogP contribution in [0.5, 0.6) is 0 Å². The minimum absolute atomic E-state index is 0.0173. The van der Waals surface area contributed by atoms with Gasteiger partial charge in [0.2, 0.25) is 5.91 Å². The van der Waals surface area contributed by atoms with Gasteiger partial charge >= 0.3 is 23.9 Å². The van der Waals surface area contributed by atoms with E-state index in [4.69, 9.17) is 0 Å². The Morgan fingerprint density at radius 1 is 0.774 bits per heavy atom. The fourth-order valence-electron chi connectivity index (χ4n) is 2.54. The summed E-state index contributed by atoms with van der Waals surface area (Å²) >= 11 is 0. The SMILES string of the molecule is CC(C)(C)C(=O)Nc1ccc(C(OC(=O)c2ccccc2)(C(F)(F)F)C(F)(F)F)cc1. The summed E-state index contributed by atoms with van der Waals surface area (Å²) in [7, 11) is 0. The molecule has 31 heavy (non-hydrogen) atoms. The predicted molar refractivity (Wildman–Crippen MR) is 100 cm³/mol. The lowest BCUT2D eigenvalue weighted by Crippen LogP contribution is -2.56. The lowest BCUT2D eigenvalue weighted by Gasteiger charge is -2.37. The number of carbonyl (C=O) groups excluding carboxylic acids is 2. The van der Waals surface area contributed by atoms with Gasteiger partial charge in [0.05, 0.1) is 5.56 Å². The van der Waals surface area contributed by atoms with Crippen LogP contribution >= 0.6 is 0 Å². The van der Waals surface area contributed by atoms with E-state index >= 15 is 0 Å². The summed E-state index contributed by atoms with van der Waals surface area (Å²) in [5, 5.41) is 2.40. The van der Waals surface area contributed by atoms with Crippen LogP contribution in [0.25, 0.3) is 0 Å². The fourth-order valence-corrected chi connectivity index (χ4v) is 2.54. The molecule has 4 nitrogen and oxygen atoms in total. The van der Waals surface area contributed by atoms with Gasteiger partial charge in [-0.1, -0.05) is 51.1 Å². The van der Waals surface area contributed by atoms with Crippen LogP contribution in [0.15, 0.2) is 54.6 Å². The molecule has 0 saturated heterocycles. The van der Waals surface area contributed by atoms with E-state index in [0.717, 1.165) is 24.3 Å². The van der Waals surface area contributed by atoms with Gasteiger partial charge < -0.3 is 10.1 Å². The summed E-state index contributed by atoms with van der Waals surface area (Å²) < 4.78 is 87.1. The Morgan fingerprint density at radius 3 is 1.68 bits per heavy atom. The van der Waals surface area contributed by atoms with Crippen molar-refractivity contribution < 1.29 is 40.7 Å². The van der Waals surface area contributed by atoms with E-state index in [-0.39, 0.29) is 5.69 Å². The van der Waals surface area contributed by atoms with Crippen molar-refractivity contribution in [3.05, 3.63) is 65.7 Å². The van der Waals surface area contributed by atoms with Gasteiger partial charge in [0.25, 0.3) is 0 Å². The van der Waals surface area contributed by atoms with Gasteiger partial charge in [-0.2, -0.15) is 26.3 Å². The Bertz CT molecular complexity index is 915. The number of hydrogen-bond acceptors (Lipinski definition) is 3. The fraction of sp³-hybridized carbons (Fsp3) is 0.333. The van der Waals surface area contributed by atoms with Crippen molar-refractivity contribution in [2.75, 3.05) is 5.32 Å². The number of esters is 1. The van der Waals surface area contributed by atoms with Gasteiger partial charge in [-0.15, -0.1) is 0 Å². The standard InChI is InChI=1S/C21H19F6NO3/c1-18(2,3)17(30)28-15-11-9-14(10-12-15)19(20(22,23)24,21(25,26)27)31-16(29)13-7-5-4-6-8-13/h4-12H,1-3H3,(H,28,30). The summed E-state index contributed by atoms with van der Waals surface area (Å²) in [4.78, 5) is 24.2. The Hall–Kier alpha value is -3.04. The quantitative estimate of drug-likeness (QED) is 0.473. The smallest absolute Gasteiger partial charge is 0.431 e. The number of benzene rings is 2. The molecule has 2 aromatic rings. The zero-order chi connectivity index (χ0) is 23.7. The molecule has 0 radical (unpaired) electrons. The van der Waals surface area contributed by atoms with Gasteiger partial charge in [0, 0.05) is 16.7 Å². The second kappa shape index (κ2) is 8.24. The summed E-state index contributed by atoms with van der Waals surface area (Å²) in [6.07, 6.45) is -12.0. The molecule has 0 aliphatic heterocycles. The Kier molecular flexibility index (Phi) is 6.44. The molecule has 0 bridgehead atoms. The number of rotatable bonds is 4. The molecule has 0 unspecified atom stereocenters. The molecule has 1 N–H and O–H groups in total. The van der Waals surface area contributed by atoms with Gasteiger partial charge in [0.1, 0.15) is 0 Å². The maximum absolute atomic E-state index is 13.8. The topological polar surface area (TPSA) is 55.4 Å². The molecule has 2 aromatic carbocycles. The molecule has 0 spiro atoms. The minimum Gasteiger partial charge on any atom is -0.431 e. The van der Waals surface area contributed by atoms with Crippen LogP contribution in [-0.4, -0.2) is 24.2 Å². The van der Waals surface area contributed by atoms with Crippen molar-refractivity contribution in [3.63, 3.8) is 0 Å². The molecule has 2 rings (SSSR count). The van der Waals surface area contributed by atoms with Crippen molar-refractivity contribution in [1.29, 1.82) is 0 Å². The van der Waals surface area contributed by atoms with Gasteiger partial charge in [-0.05, 0) is 24.3 Å². The van der Waals surface area contributed by atoms with Crippen molar-refractivity contribution >= 4 is 17.6 Å².